The number of benzene rings is 1. The third kappa shape index (κ3) is 4.51. The van der Waals surface area contributed by atoms with Gasteiger partial charge in [-0.1, -0.05) is 0 Å². The smallest absolute Gasteiger partial charge is 0.404 e. The molecule has 1 saturated carbocycles. The summed E-state index contributed by atoms with van der Waals surface area (Å²) < 4.78 is 17.1. The van der Waals surface area contributed by atoms with Gasteiger partial charge in [-0.3, -0.25) is 0 Å². The highest BCUT2D eigenvalue weighted by molar-refractivity contribution is 5.76. The first-order chi connectivity index (χ1) is 13.6. The third-order valence-electron chi connectivity index (χ3n) is 4.38. The highest BCUT2D eigenvalue weighted by Crippen LogP contribution is 2.30. The number of amides is 1. The summed E-state index contributed by atoms with van der Waals surface area (Å²) in [6.07, 6.45) is 2.99. The number of hydrogen-bond acceptors (Lipinski definition) is 6. The van der Waals surface area contributed by atoms with Crippen molar-refractivity contribution in [2.45, 2.75) is 25.8 Å². The van der Waals surface area contributed by atoms with Crippen LogP contribution in [0.15, 0.2) is 40.9 Å². The molecule has 0 bridgehead atoms. The summed E-state index contributed by atoms with van der Waals surface area (Å²) in [5.41, 5.74) is 2.01. The van der Waals surface area contributed by atoms with E-state index in [-0.39, 0.29) is 12.6 Å². The Morgan fingerprint density at radius 1 is 1.32 bits per heavy atom. The Hall–Kier alpha value is -3.29. The van der Waals surface area contributed by atoms with Gasteiger partial charge in [-0.15, -0.1) is 0 Å². The molecule has 8 nitrogen and oxygen atoms in total. The second kappa shape index (κ2) is 7.75. The van der Waals surface area contributed by atoms with Crippen LogP contribution >= 0.6 is 0 Å². The van der Waals surface area contributed by atoms with Crippen LogP contribution in [0.1, 0.15) is 19.8 Å². The lowest BCUT2D eigenvalue weighted by atomic mass is 10.2. The number of oxazole rings is 1. The topological polar surface area (TPSA) is 107 Å². The predicted octanol–water partition coefficient (Wildman–Crippen LogP) is 3.71. The molecule has 2 N–H and O–H groups in total. The molecule has 2 heterocycles. The van der Waals surface area contributed by atoms with Gasteiger partial charge in [0, 0.05) is 11.6 Å². The number of aromatic nitrogens is 2. The van der Waals surface area contributed by atoms with Crippen LogP contribution in [0.5, 0.6) is 11.6 Å². The van der Waals surface area contributed by atoms with Crippen LogP contribution in [0.25, 0.3) is 22.6 Å². The number of pyridine rings is 1. The zero-order chi connectivity index (χ0) is 19.5. The van der Waals surface area contributed by atoms with Gasteiger partial charge in [0.1, 0.15) is 17.9 Å². The average Bonchev–Trinajstić information content (AvgIpc) is 3.41. The molecule has 4 rings (SSSR count). The van der Waals surface area contributed by atoms with E-state index in [1.807, 2.05) is 24.3 Å². The lowest BCUT2D eigenvalue weighted by Crippen LogP contribution is -2.35. The number of nitrogens with one attached hydrogen (secondary N) is 1. The second-order valence-corrected chi connectivity index (χ2v) is 6.95. The van der Waals surface area contributed by atoms with Gasteiger partial charge in [-0.25, -0.2) is 14.8 Å². The molecule has 1 atom stereocenters. The molecule has 28 heavy (non-hydrogen) atoms. The zero-order valence-electron chi connectivity index (χ0n) is 15.4. The summed E-state index contributed by atoms with van der Waals surface area (Å²) in [5.74, 6) is 2.39. The quantitative estimate of drug-likeness (QED) is 0.610. The minimum Gasteiger partial charge on any atom is -0.493 e. The molecule has 3 aromatic rings. The van der Waals surface area contributed by atoms with Gasteiger partial charge in [0.2, 0.25) is 11.8 Å². The first-order valence-electron chi connectivity index (χ1n) is 9.19. The van der Waals surface area contributed by atoms with E-state index >= 15 is 0 Å². The lowest BCUT2D eigenvalue weighted by molar-refractivity contribution is 0.182. The lowest BCUT2D eigenvalue weighted by Gasteiger charge is -2.11. The van der Waals surface area contributed by atoms with Crippen LogP contribution in [0.4, 0.5) is 4.79 Å². The fourth-order valence-electron chi connectivity index (χ4n) is 2.67. The van der Waals surface area contributed by atoms with Gasteiger partial charge < -0.3 is 24.3 Å². The molecule has 1 aromatic carbocycles. The maximum atomic E-state index is 10.6. The molecule has 1 aliphatic rings. The minimum absolute atomic E-state index is 0.161. The largest absolute Gasteiger partial charge is 0.493 e. The molecule has 0 unspecified atom stereocenters. The summed E-state index contributed by atoms with van der Waals surface area (Å²) in [7, 11) is 0. The van der Waals surface area contributed by atoms with Crippen molar-refractivity contribution < 1.29 is 23.8 Å². The van der Waals surface area contributed by atoms with E-state index in [0.717, 1.165) is 17.9 Å². The van der Waals surface area contributed by atoms with E-state index in [9.17, 15) is 4.79 Å². The summed E-state index contributed by atoms with van der Waals surface area (Å²) in [4.78, 5) is 19.3. The molecule has 0 radical (unpaired) electrons. The minimum atomic E-state index is -1.09. The Morgan fingerprint density at radius 3 is 2.82 bits per heavy atom. The van der Waals surface area contributed by atoms with Crippen molar-refractivity contribution in [3.8, 4) is 23.1 Å². The Kier molecular flexibility index (Phi) is 5.01. The van der Waals surface area contributed by atoms with Crippen molar-refractivity contribution in [3.05, 3.63) is 36.5 Å². The maximum Gasteiger partial charge on any atom is 0.404 e. The van der Waals surface area contributed by atoms with E-state index in [1.165, 1.54) is 12.8 Å². The van der Waals surface area contributed by atoms with E-state index in [2.05, 4.69) is 15.3 Å². The molecule has 0 aliphatic heterocycles. The molecular weight excluding hydrogens is 362 g/mol. The number of nitrogens with zero attached hydrogens (tertiary/aromatic N) is 2. The number of rotatable bonds is 8. The normalized spacial score (nSPS) is 14.6. The Bertz CT molecular complexity index is 966. The molecule has 146 valence electrons. The van der Waals surface area contributed by atoms with Crippen molar-refractivity contribution in [1.29, 1.82) is 0 Å². The second-order valence-electron chi connectivity index (χ2n) is 6.95. The monoisotopic (exact) mass is 383 g/mol. The number of ether oxygens (including phenoxy) is 2. The fraction of sp³-hybridized carbons (Fsp3) is 0.350. The van der Waals surface area contributed by atoms with Crippen LogP contribution in [0.2, 0.25) is 0 Å². The van der Waals surface area contributed by atoms with Crippen molar-refractivity contribution >= 4 is 17.2 Å². The van der Waals surface area contributed by atoms with Crippen LogP contribution in [0.3, 0.4) is 0 Å². The zero-order valence-corrected chi connectivity index (χ0v) is 15.4. The number of carboxylic acid groups (broad SMARTS) is 1. The standard InChI is InChI=1S/C20H21N3O5/c1-12(22-20(24)25)10-27-18-8-17-16(9-21-18)23-19(28-17)14-4-6-15(7-5-14)26-11-13-2-3-13/h4-9,12-13,22H,2-3,10-11H2,1H3,(H,24,25)/t12-/m0/s1. The SMILES string of the molecule is C[C@@H](COc1cc2oc(-c3ccc(OCC4CC4)cc3)nc2cn1)NC(=O)O. The first kappa shape index (κ1) is 18.1. The number of carbonyl (C=O) groups is 1. The molecule has 1 aliphatic carbocycles. The molecule has 8 heteroatoms. The van der Waals surface area contributed by atoms with Crippen LogP contribution in [-0.4, -0.2) is 40.4 Å². The Labute approximate surface area is 161 Å². The van der Waals surface area contributed by atoms with Crippen molar-refractivity contribution in [3.63, 3.8) is 0 Å². The van der Waals surface area contributed by atoms with Crippen LogP contribution in [0, 0.1) is 5.92 Å². The number of fused-ring (bicyclic) bond motifs is 1. The van der Waals surface area contributed by atoms with Crippen molar-refractivity contribution in [2.75, 3.05) is 13.2 Å². The highest BCUT2D eigenvalue weighted by Gasteiger charge is 2.21. The Morgan fingerprint density at radius 2 is 2.11 bits per heavy atom. The van der Waals surface area contributed by atoms with Gasteiger partial charge in [-0.2, -0.15) is 0 Å². The highest BCUT2D eigenvalue weighted by atomic mass is 16.5. The molecule has 1 fully saturated rings. The molecule has 1 amide bonds. The molecule has 2 aromatic heterocycles. The molecule has 0 saturated heterocycles. The summed E-state index contributed by atoms with van der Waals surface area (Å²) in [5, 5.41) is 11.0. The van der Waals surface area contributed by atoms with E-state index < -0.39 is 6.09 Å². The summed E-state index contributed by atoms with van der Waals surface area (Å²) in [6.45, 7) is 2.64. The maximum absolute atomic E-state index is 10.6. The summed E-state index contributed by atoms with van der Waals surface area (Å²) in [6, 6.07) is 8.94. The fourth-order valence-corrected chi connectivity index (χ4v) is 2.67. The van der Waals surface area contributed by atoms with Crippen molar-refractivity contribution in [2.24, 2.45) is 5.92 Å². The first-order valence-corrected chi connectivity index (χ1v) is 9.19. The van der Waals surface area contributed by atoms with E-state index in [4.69, 9.17) is 19.0 Å². The van der Waals surface area contributed by atoms with Gasteiger partial charge in [0.15, 0.2) is 5.58 Å². The predicted molar refractivity (Wildman–Crippen MR) is 102 cm³/mol. The Balaban J connectivity index is 1.43. The van der Waals surface area contributed by atoms with Crippen LogP contribution in [-0.2, 0) is 0 Å². The van der Waals surface area contributed by atoms with E-state index in [0.29, 0.717) is 28.8 Å². The molecular formula is C20H21N3O5. The number of hydrogen-bond donors (Lipinski definition) is 2. The third-order valence-corrected chi connectivity index (χ3v) is 4.38. The van der Waals surface area contributed by atoms with Crippen LogP contribution < -0.4 is 14.8 Å². The van der Waals surface area contributed by atoms with Gasteiger partial charge >= 0.3 is 6.09 Å². The summed E-state index contributed by atoms with van der Waals surface area (Å²) >= 11 is 0. The van der Waals surface area contributed by atoms with E-state index in [1.54, 1.807) is 19.2 Å². The van der Waals surface area contributed by atoms with Gasteiger partial charge in [0.05, 0.1) is 18.8 Å². The molecule has 0 spiro atoms. The average molecular weight is 383 g/mol. The van der Waals surface area contributed by atoms with Gasteiger partial charge in [0.25, 0.3) is 0 Å². The van der Waals surface area contributed by atoms with Crippen molar-refractivity contribution in [1.82, 2.24) is 15.3 Å². The van der Waals surface area contributed by atoms with Gasteiger partial charge in [-0.05, 0) is 49.9 Å².